The normalized spacial score (nSPS) is 17.4. The van der Waals surface area contributed by atoms with E-state index < -0.39 is 0 Å². The lowest BCUT2D eigenvalue weighted by molar-refractivity contribution is -0.126. The Bertz CT molecular complexity index is 737. The van der Waals surface area contributed by atoms with Crippen LogP contribution in [0.1, 0.15) is 35.6 Å². The zero-order chi connectivity index (χ0) is 16.9. The molecule has 1 amide bonds. The quantitative estimate of drug-likeness (QED) is 0.782. The maximum absolute atomic E-state index is 12.7. The molecule has 1 fully saturated rings. The third-order valence-corrected chi connectivity index (χ3v) is 4.51. The zero-order valence-electron chi connectivity index (χ0n) is 14.2. The summed E-state index contributed by atoms with van der Waals surface area (Å²) in [6.07, 6.45) is 5.59. The second-order valence-corrected chi connectivity index (χ2v) is 6.18. The van der Waals surface area contributed by atoms with E-state index in [0.29, 0.717) is 0 Å². The van der Waals surface area contributed by atoms with Crippen molar-refractivity contribution in [3.05, 3.63) is 71.3 Å². The first-order chi connectivity index (χ1) is 11.7. The molecule has 1 aliphatic rings. The molecule has 1 aliphatic heterocycles. The van der Waals surface area contributed by atoms with Crippen LogP contribution in [-0.4, -0.2) is 24.5 Å². The predicted molar refractivity (Wildman–Crippen MR) is 96.9 cm³/mol. The summed E-state index contributed by atoms with van der Waals surface area (Å²) >= 11 is 0. The highest BCUT2D eigenvalue weighted by atomic mass is 16.5. The lowest BCUT2D eigenvalue weighted by Gasteiger charge is -2.23. The van der Waals surface area contributed by atoms with Crippen LogP contribution in [0.25, 0.3) is 6.08 Å². The second-order valence-electron chi connectivity index (χ2n) is 6.18. The van der Waals surface area contributed by atoms with E-state index in [2.05, 4.69) is 12.1 Å². The summed E-state index contributed by atoms with van der Waals surface area (Å²) in [7, 11) is 1.65. The van der Waals surface area contributed by atoms with Crippen LogP contribution < -0.4 is 4.74 Å². The van der Waals surface area contributed by atoms with Crippen LogP contribution in [-0.2, 0) is 4.79 Å². The first-order valence-electron chi connectivity index (χ1n) is 8.37. The van der Waals surface area contributed by atoms with Crippen molar-refractivity contribution in [1.29, 1.82) is 0 Å². The lowest BCUT2D eigenvalue weighted by Crippen LogP contribution is -2.28. The summed E-state index contributed by atoms with van der Waals surface area (Å²) < 4.78 is 5.37. The van der Waals surface area contributed by atoms with Gasteiger partial charge in [0.15, 0.2) is 0 Å². The van der Waals surface area contributed by atoms with E-state index in [4.69, 9.17) is 4.74 Å². The van der Waals surface area contributed by atoms with Gasteiger partial charge in [0.2, 0.25) is 5.91 Å². The van der Waals surface area contributed by atoms with Gasteiger partial charge in [0, 0.05) is 18.2 Å². The molecule has 0 saturated carbocycles. The van der Waals surface area contributed by atoms with Crippen molar-refractivity contribution in [2.24, 2.45) is 0 Å². The molecular weight excluding hydrogens is 298 g/mol. The number of benzene rings is 2. The number of methoxy groups -OCH3 is 1. The Hall–Kier alpha value is -2.55. The Morgan fingerprint density at radius 3 is 2.75 bits per heavy atom. The topological polar surface area (TPSA) is 29.5 Å². The smallest absolute Gasteiger partial charge is 0.247 e. The molecule has 0 aliphatic carbocycles. The molecule has 3 rings (SSSR count). The summed E-state index contributed by atoms with van der Waals surface area (Å²) in [4.78, 5) is 14.7. The Balaban J connectivity index is 1.78. The fourth-order valence-corrected chi connectivity index (χ4v) is 3.29. The van der Waals surface area contributed by atoms with E-state index >= 15 is 0 Å². The number of nitrogens with zero attached hydrogens (tertiary/aromatic N) is 1. The highest BCUT2D eigenvalue weighted by molar-refractivity contribution is 5.92. The number of likely N-dealkylation sites (tertiary alicyclic amines) is 1. The summed E-state index contributed by atoms with van der Waals surface area (Å²) in [5, 5.41) is 0. The Kier molecular flexibility index (Phi) is 4.99. The minimum atomic E-state index is 0.0601. The summed E-state index contributed by atoms with van der Waals surface area (Å²) in [6, 6.07) is 16.4. The fraction of sp³-hybridized carbons (Fsp3) is 0.286. The third kappa shape index (κ3) is 3.51. The van der Waals surface area contributed by atoms with Crippen molar-refractivity contribution in [2.45, 2.75) is 25.8 Å². The van der Waals surface area contributed by atoms with Gasteiger partial charge in [-0.1, -0.05) is 42.0 Å². The van der Waals surface area contributed by atoms with Crippen molar-refractivity contribution in [2.75, 3.05) is 13.7 Å². The van der Waals surface area contributed by atoms with Gasteiger partial charge in [-0.05, 0) is 43.5 Å². The fourth-order valence-electron chi connectivity index (χ4n) is 3.29. The highest BCUT2D eigenvalue weighted by Gasteiger charge is 2.28. The molecule has 0 bridgehead atoms. The zero-order valence-corrected chi connectivity index (χ0v) is 14.2. The molecule has 24 heavy (non-hydrogen) atoms. The minimum Gasteiger partial charge on any atom is -0.496 e. The van der Waals surface area contributed by atoms with E-state index in [9.17, 15) is 4.79 Å². The number of rotatable bonds is 4. The van der Waals surface area contributed by atoms with Crippen molar-refractivity contribution >= 4 is 12.0 Å². The number of hydrogen-bond donors (Lipinski definition) is 0. The first kappa shape index (κ1) is 16.3. The van der Waals surface area contributed by atoms with Crippen LogP contribution in [0.5, 0.6) is 5.75 Å². The monoisotopic (exact) mass is 321 g/mol. The summed E-state index contributed by atoms with van der Waals surface area (Å²) in [6.45, 7) is 2.85. The molecular formula is C21H23NO2. The van der Waals surface area contributed by atoms with Gasteiger partial charge in [0.25, 0.3) is 0 Å². The molecule has 124 valence electrons. The van der Waals surface area contributed by atoms with Gasteiger partial charge in [-0.2, -0.15) is 0 Å². The van der Waals surface area contributed by atoms with Crippen LogP contribution in [0.3, 0.4) is 0 Å². The van der Waals surface area contributed by atoms with Crippen molar-refractivity contribution in [1.82, 2.24) is 4.90 Å². The number of aryl methyl sites for hydroxylation is 1. The Labute approximate surface area is 143 Å². The van der Waals surface area contributed by atoms with Gasteiger partial charge >= 0.3 is 0 Å². The summed E-state index contributed by atoms with van der Waals surface area (Å²) in [5.74, 6) is 0.843. The molecule has 3 heteroatoms. The van der Waals surface area contributed by atoms with Gasteiger partial charge in [0.1, 0.15) is 5.75 Å². The van der Waals surface area contributed by atoms with Crippen molar-refractivity contribution < 1.29 is 9.53 Å². The van der Waals surface area contributed by atoms with Gasteiger partial charge in [-0.25, -0.2) is 0 Å². The van der Waals surface area contributed by atoms with Crippen LogP contribution in [0, 0.1) is 6.92 Å². The number of carbonyl (C=O) groups is 1. The molecule has 2 aromatic rings. The van der Waals surface area contributed by atoms with Crippen molar-refractivity contribution in [3.8, 4) is 5.75 Å². The lowest BCUT2D eigenvalue weighted by atomic mass is 10.0. The molecule has 1 unspecified atom stereocenters. The SMILES string of the molecule is COc1ccc(C)cc1/C=C/C(=O)N1CCCC1c1ccccc1. The predicted octanol–water partition coefficient (Wildman–Crippen LogP) is 4.38. The van der Waals surface area contributed by atoms with Gasteiger partial charge in [-0.3, -0.25) is 4.79 Å². The molecule has 1 atom stereocenters. The van der Waals surface area contributed by atoms with E-state index in [1.807, 2.05) is 54.3 Å². The maximum Gasteiger partial charge on any atom is 0.247 e. The van der Waals surface area contributed by atoms with Crippen molar-refractivity contribution in [3.63, 3.8) is 0 Å². The molecule has 1 saturated heterocycles. The Morgan fingerprint density at radius 2 is 2.00 bits per heavy atom. The molecule has 0 radical (unpaired) electrons. The third-order valence-electron chi connectivity index (χ3n) is 4.51. The van der Waals surface area contributed by atoms with E-state index in [1.165, 1.54) is 5.56 Å². The number of ether oxygens (including phenoxy) is 1. The largest absolute Gasteiger partial charge is 0.496 e. The molecule has 3 nitrogen and oxygen atoms in total. The van der Waals surface area contributed by atoms with E-state index in [1.54, 1.807) is 13.2 Å². The molecule has 2 aromatic carbocycles. The number of hydrogen-bond acceptors (Lipinski definition) is 2. The van der Waals surface area contributed by atoms with E-state index in [-0.39, 0.29) is 11.9 Å². The standard InChI is InChI=1S/C21H23NO2/c1-16-10-12-20(24-2)18(15-16)11-13-21(23)22-14-6-9-19(22)17-7-4-3-5-8-17/h3-5,7-8,10-13,15,19H,6,9,14H2,1-2H3/b13-11+. The first-order valence-corrected chi connectivity index (χ1v) is 8.37. The van der Waals surface area contributed by atoms with Crippen LogP contribution >= 0.6 is 0 Å². The number of amides is 1. The minimum absolute atomic E-state index is 0.0601. The molecule has 0 aromatic heterocycles. The van der Waals surface area contributed by atoms with E-state index in [0.717, 1.165) is 36.3 Å². The van der Waals surface area contributed by atoms with Gasteiger partial charge < -0.3 is 9.64 Å². The average Bonchev–Trinajstić information content (AvgIpc) is 3.10. The van der Waals surface area contributed by atoms with Gasteiger partial charge in [-0.15, -0.1) is 0 Å². The number of carbonyl (C=O) groups excluding carboxylic acids is 1. The average molecular weight is 321 g/mol. The molecule has 1 heterocycles. The van der Waals surface area contributed by atoms with Crippen LogP contribution in [0.4, 0.5) is 0 Å². The molecule has 0 N–H and O–H groups in total. The second kappa shape index (κ2) is 7.35. The molecule has 0 spiro atoms. The summed E-state index contributed by atoms with van der Waals surface area (Å²) in [5.41, 5.74) is 3.29. The van der Waals surface area contributed by atoms with Crippen LogP contribution in [0.15, 0.2) is 54.6 Å². The van der Waals surface area contributed by atoms with Crippen LogP contribution in [0.2, 0.25) is 0 Å². The Morgan fingerprint density at radius 1 is 1.21 bits per heavy atom. The van der Waals surface area contributed by atoms with Gasteiger partial charge in [0.05, 0.1) is 13.2 Å². The maximum atomic E-state index is 12.7. The highest BCUT2D eigenvalue weighted by Crippen LogP contribution is 2.32.